The highest BCUT2D eigenvalue weighted by molar-refractivity contribution is 5.79. The van der Waals surface area contributed by atoms with Gasteiger partial charge in [0, 0.05) is 25.0 Å². The zero-order valence-corrected chi connectivity index (χ0v) is 15.8. The lowest BCUT2D eigenvalue weighted by Crippen LogP contribution is -2.39. The molecule has 0 amide bonds. The molecule has 26 heavy (non-hydrogen) atoms. The van der Waals surface area contributed by atoms with Gasteiger partial charge in [-0.2, -0.15) is 0 Å². The van der Waals surface area contributed by atoms with Gasteiger partial charge in [-0.25, -0.2) is 0 Å². The standard InChI is InChI=1S/C20H28N4O2/c1-4-21-20(22-12-11-17-6-5-16(2)24-15-17)23-13-14-26-19-9-7-18(25-3)8-10-19/h5-10,15H,4,11-14H2,1-3H3,(H2,21,22,23). The zero-order valence-electron chi connectivity index (χ0n) is 15.8. The fourth-order valence-electron chi connectivity index (χ4n) is 2.30. The molecular formula is C20H28N4O2. The molecule has 6 heteroatoms. The molecule has 2 rings (SSSR count). The summed E-state index contributed by atoms with van der Waals surface area (Å²) in [4.78, 5) is 8.90. The third kappa shape index (κ3) is 7.01. The van der Waals surface area contributed by atoms with E-state index in [0.717, 1.165) is 36.1 Å². The van der Waals surface area contributed by atoms with Crippen molar-refractivity contribution in [2.24, 2.45) is 4.99 Å². The summed E-state index contributed by atoms with van der Waals surface area (Å²) < 4.78 is 10.8. The number of aliphatic imine (C=N–C) groups is 1. The molecule has 1 heterocycles. The van der Waals surface area contributed by atoms with Gasteiger partial charge in [0.05, 0.1) is 13.7 Å². The first-order valence-electron chi connectivity index (χ1n) is 8.92. The Hall–Kier alpha value is -2.76. The molecule has 0 aliphatic heterocycles. The number of rotatable bonds is 9. The Morgan fingerprint density at radius 2 is 1.85 bits per heavy atom. The smallest absolute Gasteiger partial charge is 0.191 e. The number of pyridine rings is 1. The maximum atomic E-state index is 5.71. The Morgan fingerprint density at radius 1 is 1.08 bits per heavy atom. The fourth-order valence-corrected chi connectivity index (χ4v) is 2.30. The number of hydrogen-bond donors (Lipinski definition) is 2. The van der Waals surface area contributed by atoms with Crippen molar-refractivity contribution in [2.75, 3.05) is 33.4 Å². The van der Waals surface area contributed by atoms with Crippen molar-refractivity contribution >= 4 is 5.96 Å². The van der Waals surface area contributed by atoms with Crippen LogP contribution in [0.5, 0.6) is 11.5 Å². The van der Waals surface area contributed by atoms with E-state index in [0.29, 0.717) is 19.7 Å². The summed E-state index contributed by atoms with van der Waals surface area (Å²) in [6.45, 7) is 6.79. The fraction of sp³-hybridized carbons (Fsp3) is 0.400. The van der Waals surface area contributed by atoms with E-state index in [-0.39, 0.29) is 0 Å². The van der Waals surface area contributed by atoms with Gasteiger partial charge >= 0.3 is 0 Å². The Bertz CT molecular complexity index is 669. The second-order valence-corrected chi connectivity index (χ2v) is 5.77. The monoisotopic (exact) mass is 356 g/mol. The van der Waals surface area contributed by atoms with Crippen LogP contribution in [0.4, 0.5) is 0 Å². The van der Waals surface area contributed by atoms with Gasteiger partial charge < -0.3 is 20.1 Å². The molecule has 2 aromatic rings. The normalized spacial score (nSPS) is 11.1. The van der Waals surface area contributed by atoms with Crippen LogP contribution >= 0.6 is 0 Å². The molecule has 0 fully saturated rings. The number of ether oxygens (including phenoxy) is 2. The highest BCUT2D eigenvalue weighted by atomic mass is 16.5. The Labute approximate surface area is 155 Å². The Kier molecular flexibility index (Phi) is 8.26. The van der Waals surface area contributed by atoms with Crippen molar-refractivity contribution in [3.63, 3.8) is 0 Å². The maximum absolute atomic E-state index is 5.71. The van der Waals surface area contributed by atoms with Crippen molar-refractivity contribution in [3.8, 4) is 11.5 Å². The van der Waals surface area contributed by atoms with E-state index >= 15 is 0 Å². The second kappa shape index (κ2) is 11.0. The van der Waals surface area contributed by atoms with Gasteiger partial charge in [-0.05, 0) is 56.2 Å². The van der Waals surface area contributed by atoms with Crippen LogP contribution in [-0.4, -0.2) is 44.3 Å². The first kappa shape index (κ1) is 19.6. The average molecular weight is 356 g/mol. The molecule has 1 aromatic heterocycles. The topological polar surface area (TPSA) is 67.8 Å². The van der Waals surface area contributed by atoms with Crippen LogP contribution in [0, 0.1) is 6.92 Å². The summed E-state index contributed by atoms with van der Waals surface area (Å²) in [5, 5.41) is 6.53. The van der Waals surface area contributed by atoms with Crippen LogP contribution in [-0.2, 0) is 6.42 Å². The van der Waals surface area contributed by atoms with Crippen LogP contribution < -0.4 is 20.1 Å². The van der Waals surface area contributed by atoms with Crippen molar-refractivity contribution < 1.29 is 9.47 Å². The molecule has 1 aromatic carbocycles. The minimum absolute atomic E-state index is 0.554. The van der Waals surface area contributed by atoms with E-state index in [9.17, 15) is 0 Å². The van der Waals surface area contributed by atoms with Crippen LogP contribution in [0.3, 0.4) is 0 Å². The SMILES string of the molecule is CCNC(=NCCc1ccc(C)nc1)NCCOc1ccc(OC)cc1. The zero-order chi connectivity index (χ0) is 18.6. The number of nitrogens with zero attached hydrogens (tertiary/aromatic N) is 2. The second-order valence-electron chi connectivity index (χ2n) is 5.77. The number of guanidine groups is 1. The van der Waals surface area contributed by atoms with E-state index in [4.69, 9.17) is 9.47 Å². The molecule has 0 saturated heterocycles. The quantitative estimate of drug-likeness (QED) is 0.411. The summed E-state index contributed by atoms with van der Waals surface area (Å²) >= 11 is 0. The molecule has 0 bridgehead atoms. The molecule has 0 unspecified atom stereocenters. The highest BCUT2D eigenvalue weighted by Gasteiger charge is 1.99. The predicted molar refractivity (Wildman–Crippen MR) is 105 cm³/mol. The molecule has 0 aliphatic carbocycles. The predicted octanol–water partition coefficient (Wildman–Crippen LogP) is 2.58. The Balaban J connectivity index is 1.72. The van der Waals surface area contributed by atoms with E-state index in [2.05, 4.69) is 33.6 Å². The number of aryl methyl sites for hydroxylation is 1. The van der Waals surface area contributed by atoms with Gasteiger partial charge in [0.15, 0.2) is 5.96 Å². The Morgan fingerprint density at radius 3 is 2.50 bits per heavy atom. The van der Waals surface area contributed by atoms with E-state index < -0.39 is 0 Å². The van der Waals surface area contributed by atoms with E-state index in [1.165, 1.54) is 5.56 Å². The summed E-state index contributed by atoms with van der Waals surface area (Å²) in [6, 6.07) is 11.7. The van der Waals surface area contributed by atoms with E-state index in [1.807, 2.05) is 43.5 Å². The molecule has 6 nitrogen and oxygen atoms in total. The molecule has 140 valence electrons. The molecule has 0 saturated carbocycles. The molecule has 0 spiro atoms. The van der Waals surface area contributed by atoms with Gasteiger partial charge in [0.25, 0.3) is 0 Å². The van der Waals surface area contributed by atoms with Crippen LogP contribution in [0.25, 0.3) is 0 Å². The molecule has 0 radical (unpaired) electrons. The molecular weight excluding hydrogens is 328 g/mol. The number of nitrogens with one attached hydrogen (secondary N) is 2. The van der Waals surface area contributed by atoms with Crippen LogP contribution in [0.15, 0.2) is 47.6 Å². The van der Waals surface area contributed by atoms with Gasteiger partial charge in [0.1, 0.15) is 18.1 Å². The largest absolute Gasteiger partial charge is 0.497 e. The molecule has 0 aliphatic rings. The summed E-state index contributed by atoms with van der Waals surface area (Å²) in [5.41, 5.74) is 2.22. The lowest BCUT2D eigenvalue weighted by atomic mass is 10.2. The average Bonchev–Trinajstić information content (AvgIpc) is 2.67. The van der Waals surface area contributed by atoms with Gasteiger partial charge in [-0.1, -0.05) is 6.07 Å². The van der Waals surface area contributed by atoms with E-state index in [1.54, 1.807) is 7.11 Å². The summed E-state index contributed by atoms with van der Waals surface area (Å²) in [5.74, 6) is 2.44. The van der Waals surface area contributed by atoms with Crippen molar-refractivity contribution in [1.29, 1.82) is 0 Å². The van der Waals surface area contributed by atoms with Gasteiger partial charge in [0.2, 0.25) is 0 Å². The highest BCUT2D eigenvalue weighted by Crippen LogP contribution is 2.16. The maximum Gasteiger partial charge on any atom is 0.191 e. The van der Waals surface area contributed by atoms with Gasteiger partial charge in [-0.15, -0.1) is 0 Å². The third-order valence-corrected chi connectivity index (χ3v) is 3.71. The molecule has 0 atom stereocenters. The number of benzene rings is 1. The van der Waals surface area contributed by atoms with Crippen molar-refractivity contribution in [1.82, 2.24) is 15.6 Å². The lowest BCUT2D eigenvalue weighted by molar-refractivity contribution is 0.321. The minimum atomic E-state index is 0.554. The lowest BCUT2D eigenvalue weighted by Gasteiger charge is -2.12. The number of hydrogen-bond acceptors (Lipinski definition) is 4. The number of aromatic nitrogens is 1. The number of methoxy groups -OCH3 is 1. The van der Waals surface area contributed by atoms with Crippen molar-refractivity contribution in [3.05, 3.63) is 53.9 Å². The minimum Gasteiger partial charge on any atom is -0.497 e. The first-order chi connectivity index (χ1) is 12.7. The van der Waals surface area contributed by atoms with Gasteiger partial charge in [-0.3, -0.25) is 9.98 Å². The molecule has 2 N–H and O–H groups in total. The summed E-state index contributed by atoms with van der Waals surface area (Å²) in [7, 11) is 1.65. The van der Waals surface area contributed by atoms with Crippen molar-refractivity contribution in [2.45, 2.75) is 20.3 Å². The summed E-state index contributed by atoms with van der Waals surface area (Å²) in [6.07, 6.45) is 2.78. The third-order valence-electron chi connectivity index (χ3n) is 3.71. The van der Waals surface area contributed by atoms with Crippen LogP contribution in [0.1, 0.15) is 18.2 Å². The van der Waals surface area contributed by atoms with Crippen LogP contribution in [0.2, 0.25) is 0 Å². The first-order valence-corrected chi connectivity index (χ1v) is 8.92.